The first-order valence-electron chi connectivity index (χ1n) is 5.90. The van der Waals surface area contributed by atoms with Crippen molar-refractivity contribution in [3.63, 3.8) is 0 Å². The van der Waals surface area contributed by atoms with Crippen molar-refractivity contribution in [2.24, 2.45) is 5.73 Å². The highest BCUT2D eigenvalue weighted by atomic mass is 15.2. The van der Waals surface area contributed by atoms with E-state index < -0.39 is 0 Å². The second-order valence-corrected chi connectivity index (χ2v) is 4.47. The van der Waals surface area contributed by atoms with Crippen LogP contribution in [0.5, 0.6) is 0 Å². The number of anilines is 1. The molecule has 3 N–H and O–H groups in total. The van der Waals surface area contributed by atoms with Gasteiger partial charge in [0.2, 0.25) is 0 Å². The first-order chi connectivity index (χ1) is 7.70. The van der Waals surface area contributed by atoms with E-state index in [1.807, 2.05) is 18.2 Å². The number of nitrogens with one attached hydrogen (secondary N) is 1. The van der Waals surface area contributed by atoms with Crippen LogP contribution in [0, 0.1) is 5.41 Å². The lowest BCUT2D eigenvalue weighted by Crippen LogP contribution is -2.38. The van der Waals surface area contributed by atoms with Crippen molar-refractivity contribution in [1.82, 2.24) is 0 Å². The third kappa shape index (κ3) is 2.03. The van der Waals surface area contributed by atoms with Crippen molar-refractivity contribution >= 4 is 11.5 Å². The lowest BCUT2D eigenvalue weighted by Gasteiger charge is -2.36. The number of piperidine rings is 1. The zero-order valence-electron chi connectivity index (χ0n) is 9.74. The van der Waals surface area contributed by atoms with Gasteiger partial charge in [0.05, 0.1) is 0 Å². The number of para-hydroxylation sites is 1. The normalized spacial score (nSPS) is 20.8. The Balaban J connectivity index is 2.34. The molecule has 1 aliphatic rings. The highest BCUT2D eigenvalue weighted by Gasteiger charge is 2.20. The second-order valence-electron chi connectivity index (χ2n) is 4.47. The Morgan fingerprint density at radius 1 is 1.38 bits per heavy atom. The van der Waals surface area contributed by atoms with Gasteiger partial charge < -0.3 is 10.6 Å². The third-order valence-corrected chi connectivity index (χ3v) is 3.31. The average molecular weight is 217 g/mol. The summed E-state index contributed by atoms with van der Waals surface area (Å²) in [6, 6.07) is 8.50. The number of hydrogen-bond acceptors (Lipinski definition) is 2. The van der Waals surface area contributed by atoms with E-state index in [1.54, 1.807) is 0 Å². The summed E-state index contributed by atoms with van der Waals surface area (Å²) in [5.74, 6) is 0.161. The molecule has 0 bridgehead atoms. The smallest absolute Gasteiger partial charge is 0.124 e. The highest BCUT2D eigenvalue weighted by molar-refractivity contribution is 6.00. The monoisotopic (exact) mass is 217 g/mol. The first-order valence-corrected chi connectivity index (χ1v) is 5.90. The molecule has 0 amide bonds. The van der Waals surface area contributed by atoms with Gasteiger partial charge in [-0.15, -0.1) is 0 Å². The molecule has 0 aliphatic carbocycles. The van der Waals surface area contributed by atoms with Crippen LogP contribution in [0.25, 0.3) is 0 Å². The molecule has 3 nitrogen and oxygen atoms in total. The molecule has 1 unspecified atom stereocenters. The Labute approximate surface area is 96.8 Å². The van der Waals surface area contributed by atoms with Crippen molar-refractivity contribution < 1.29 is 0 Å². The molecule has 1 fully saturated rings. The fraction of sp³-hybridized carbons (Fsp3) is 0.462. The molecule has 86 valence electrons. The molecule has 0 spiro atoms. The van der Waals surface area contributed by atoms with Crippen molar-refractivity contribution in [1.29, 1.82) is 5.41 Å². The third-order valence-electron chi connectivity index (χ3n) is 3.31. The quantitative estimate of drug-likeness (QED) is 0.590. The van der Waals surface area contributed by atoms with Gasteiger partial charge in [-0.25, -0.2) is 0 Å². The van der Waals surface area contributed by atoms with Crippen LogP contribution in [-0.4, -0.2) is 18.4 Å². The van der Waals surface area contributed by atoms with Crippen LogP contribution in [0.4, 0.5) is 5.69 Å². The maximum absolute atomic E-state index is 7.61. The van der Waals surface area contributed by atoms with E-state index in [0.717, 1.165) is 17.8 Å². The Morgan fingerprint density at radius 2 is 2.12 bits per heavy atom. The van der Waals surface area contributed by atoms with Crippen molar-refractivity contribution in [2.75, 3.05) is 11.4 Å². The molecule has 1 aromatic carbocycles. The minimum Gasteiger partial charge on any atom is -0.384 e. The van der Waals surface area contributed by atoms with Crippen molar-refractivity contribution in [3.05, 3.63) is 29.8 Å². The maximum Gasteiger partial charge on any atom is 0.124 e. The largest absolute Gasteiger partial charge is 0.384 e. The van der Waals surface area contributed by atoms with E-state index in [4.69, 9.17) is 11.1 Å². The first kappa shape index (κ1) is 11.0. The van der Waals surface area contributed by atoms with Crippen molar-refractivity contribution in [2.45, 2.75) is 32.2 Å². The van der Waals surface area contributed by atoms with Gasteiger partial charge in [-0.2, -0.15) is 0 Å². The molecular formula is C13H19N3. The second kappa shape index (κ2) is 4.56. The number of benzene rings is 1. The molecule has 0 aromatic heterocycles. The van der Waals surface area contributed by atoms with E-state index in [9.17, 15) is 0 Å². The SMILES string of the molecule is CC1CCCCN1c1ccccc1C(=N)N. The number of rotatable bonds is 2. The van der Waals surface area contributed by atoms with Gasteiger partial charge in [0, 0.05) is 23.8 Å². The molecule has 0 radical (unpaired) electrons. The summed E-state index contributed by atoms with van der Waals surface area (Å²) in [5, 5.41) is 7.61. The maximum atomic E-state index is 7.61. The van der Waals surface area contributed by atoms with Gasteiger partial charge in [0.15, 0.2) is 0 Å². The molecule has 1 heterocycles. The highest BCUT2D eigenvalue weighted by Crippen LogP contribution is 2.27. The molecular weight excluding hydrogens is 198 g/mol. The van der Waals surface area contributed by atoms with Gasteiger partial charge in [-0.1, -0.05) is 12.1 Å². The molecule has 3 heteroatoms. The van der Waals surface area contributed by atoms with Crippen LogP contribution >= 0.6 is 0 Å². The van der Waals surface area contributed by atoms with Gasteiger partial charge in [-0.3, -0.25) is 5.41 Å². The zero-order chi connectivity index (χ0) is 11.5. The van der Waals surface area contributed by atoms with Gasteiger partial charge in [0.25, 0.3) is 0 Å². The Bertz CT molecular complexity index is 387. The molecule has 0 saturated carbocycles. The lowest BCUT2D eigenvalue weighted by molar-refractivity contribution is 0.484. The standard InChI is InChI=1S/C13H19N3/c1-10-6-4-5-9-16(10)12-8-3-2-7-11(12)13(14)15/h2-3,7-8,10H,4-6,9H2,1H3,(H3,14,15). The molecule has 1 aromatic rings. The van der Waals surface area contributed by atoms with E-state index in [-0.39, 0.29) is 5.84 Å². The summed E-state index contributed by atoms with van der Waals surface area (Å²) in [7, 11) is 0. The van der Waals surface area contributed by atoms with Crippen LogP contribution < -0.4 is 10.6 Å². The van der Waals surface area contributed by atoms with E-state index in [1.165, 1.54) is 19.3 Å². The van der Waals surface area contributed by atoms with Crippen LogP contribution in [0.1, 0.15) is 31.7 Å². The minimum atomic E-state index is 0.161. The molecule has 2 rings (SSSR count). The fourth-order valence-corrected chi connectivity index (χ4v) is 2.41. The summed E-state index contributed by atoms with van der Waals surface area (Å²) in [6.07, 6.45) is 3.77. The van der Waals surface area contributed by atoms with Crippen LogP contribution in [0.2, 0.25) is 0 Å². The Kier molecular flexibility index (Phi) is 3.13. The van der Waals surface area contributed by atoms with Gasteiger partial charge in [-0.05, 0) is 38.3 Å². The summed E-state index contributed by atoms with van der Waals surface area (Å²) in [4.78, 5) is 2.38. The summed E-state index contributed by atoms with van der Waals surface area (Å²) < 4.78 is 0. The molecule has 1 saturated heterocycles. The summed E-state index contributed by atoms with van der Waals surface area (Å²) >= 11 is 0. The van der Waals surface area contributed by atoms with Crippen LogP contribution in [-0.2, 0) is 0 Å². The Morgan fingerprint density at radius 3 is 2.81 bits per heavy atom. The predicted molar refractivity (Wildman–Crippen MR) is 68.1 cm³/mol. The van der Waals surface area contributed by atoms with Crippen LogP contribution in [0.15, 0.2) is 24.3 Å². The number of nitrogens with two attached hydrogens (primary N) is 1. The number of nitrogens with zero attached hydrogens (tertiary/aromatic N) is 1. The average Bonchev–Trinajstić information content (AvgIpc) is 2.29. The number of hydrogen-bond donors (Lipinski definition) is 2. The zero-order valence-corrected chi connectivity index (χ0v) is 9.74. The fourth-order valence-electron chi connectivity index (χ4n) is 2.41. The van der Waals surface area contributed by atoms with Gasteiger partial charge >= 0.3 is 0 Å². The van der Waals surface area contributed by atoms with E-state index in [2.05, 4.69) is 17.9 Å². The van der Waals surface area contributed by atoms with Crippen molar-refractivity contribution in [3.8, 4) is 0 Å². The number of nitrogen functional groups attached to an aromatic ring is 1. The molecule has 16 heavy (non-hydrogen) atoms. The van der Waals surface area contributed by atoms with E-state index in [0.29, 0.717) is 6.04 Å². The summed E-state index contributed by atoms with van der Waals surface area (Å²) in [5.41, 5.74) is 7.59. The van der Waals surface area contributed by atoms with Crippen LogP contribution in [0.3, 0.4) is 0 Å². The summed E-state index contributed by atoms with van der Waals surface area (Å²) in [6.45, 7) is 3.32. The molecule has 1 aliphatic heterocycles. The minimum absolute atomic E-state index is 0.161. The topological polar surface area (TPSA) is 53.1 Å². The molecule has 1 atom stereocenters. The number of amidine groups is 1. The van der Waals surface area contributed by atoms with E-state index >= 15 is 0 Å². The lowest BCUT2D eigenvalue weighted by atomic mass is 10.0. The predicted octanol–water partition coefficient (Wildman–Crippen LogP) is 2.35. The Hall–Kier alpha value is -1.51. The van der Waals surface area contributed by atoms with Gasteiger partial charge in [0.1, 0.15) is 5.84 Å².